The highest BCUT2D eigenvalue weighted by molar-refractivity contribution is 7.89. The molecule has 1 aromatic carbocycles. The van der Waals surface area contributed by atoms with Gasteiger partial charge in [0.15, 0.2) is 0 Å². The molecule has 0 amide bonds. The number of sulfonamides is 1. The van der Waals surface area contributed by atoms with Gasteiger partial charge in [0.25, 0.3) is 0 Å². The van der Waals surface area contributed by atoms with Gasteiger partial charge in [-0.25, -0.2) is 13.1 Å². The van der Waals surface area contributed by atoms with Gasteiger partial charge in [0.05, 0.1) is 13.0 Å². The molecule has 2 atom stereocenters. The molecule has 1 unspecified atom stereocenters. The minimum Gasteiger partial charge on any atom is -0.208 e. The summed E-state index contributed by atoms with van der Waals surface area (Å²) in [7, 11) is -4.81. The van der Waals surface area contributed by atoms with Crippen LogP contribution in [0.5, 0.6) is 0 Å². The van der Waals surface area contributed by atoms with E-state index in [0.29, 0.717) is 10.4 Å². The normalized spacial score (nSPS) is 15.5. The van der Waals surface area contributed by atoms with Gasteiger partial charge in [-0.1, -0.05) is 43.4 Å². The molecule has 0 aliphatic carbocycles. The van der Waals surface area contributed by atoms with Crippen molar-refractivity contribution >= 4 is 18.1 Å². The number of rotatable bonds is 7. The van der Waals surface area contributed by atoms with Gasteiger partial charge in [0, 0.05) is 6.04 Å². The molecule has 0 aliphatic heterocycles. The van der Waals surface area contributed by atoms with Gasteiger partial charge in [-0.3, -0.25) is 0 Å². The lowest BCUT2D eigenvalue weighted by Gasteiger charge is -2.28. The quantitative estimate of drug-likeness (QED) is 0.609. The van der Waals surface area contributed by atoms with Gasteiger partial charge in [0.2, 0.25) is 10.0 Å². The molecule has 0 fully saturated rings. The highest BCUT2D eigenvalue weighted by Gasteiger charge is 2.27. The third-order valence-corrected chi connectivity index (χ3v) is 7.99. The third-order valence-electron chi connectivity index (χ3n) is 3.69. The van der Waals surface area contributed by atoms with E-state index in [1.54, 1.807) is 12.1 Å². The Morgan fingerprint density at radius 2 is 1.76 bits per heavy atom. The van der Waals surface area contributed by atoms with Crippen molar-refractivity contribution in [1.82, 2.24) is 4.72 Å². The maximum atomic E-state index is 12.3. The van der Waals surface area contributed by atoms with Crippen molar-refractivity contribution < 1.29 is 8.42 Å². The van der Waals surface area contributed by atoms with E-state index in [2.05, 4.69) is 30.9 Å². The Balaban J connectivity index is 2.79. The van der Waals surface area contributed by atoms with Crippen molar-refractivity contribution in [3.63, 3.8) is 0 Å². The molecule has 5 heteroatoms. The van der Waals surface area contributed by atoms with Crippen LogP contribution in [-0.2, 0) is 10.0 Å². The second kappa shape index (κ2) is 6.90. The molecule has 118 valence electrons. The van der Waals surface area contributed by atoms with Crippen LogP contribution < -0.4 is 4.72 Å². The minimum atomic E-state index is -3.44. The van der Waals surface area contributed by atoms with Gasteiger partial charge in [-0.05, 0) is 37.9 Å². The molecule has 21 heavy (non-hydrogen) atoms. The summed E-state index contributed by atoms with van der Waals surface area (Å²) >= 11 is 0. The topological polar surface area (TPSA) is 46.2 Å². The van der Waals surface area contributed by atoms with Crippen molar-refractivity contribution in [3.05, 3.63) is 42.5 Å². The fourth-order valence-electron chi connectivity index (χ4n) is 2.28. The Morgan fingerprint density at radius 1 is 1.24 bits per heavy atom. The van der Waals surface area contributed by atoms with Gasteiger partial charge in [-0.2, -0.15) is 0 Å². The van der Waals surface area contributed by atoms with E-state index < -0.39 is 18.1 Å². The van der Waals surface area contributed by atoms with E-state index in [4.69, 9.17) is 0 Å². The van der Waals surface area contributed by atoms with E-state index in [-0.39, 0.29) is 6.04 Å². The smallest absolute Gasteiger partial charge is 0.208 e. The number of nitrogens with one attached hydrogen (secondary N) is 1. The number of hydrogen-bond donors (Lipinski definition) is 1. The Labute approximate surface area is 130 Å². The van der Waals surface area contributed by atoms with Gasteiger partial charge in [-0.15, -0.1) is 6.58 Å². The van der Waals surface area contributed by atoms with Gasteiger partial charge in [0.1, 0.15) is 0 Å². The van der Waals surface area contributed by atoms with E-state index in [1.165, 1.54) is 0 Å². The number of hydrogen-bond acceptors (Lipinski definition) is 2. The van der Waals surface area contributed by atoms with Crippen LogP contribution in [0.4, 0.5) is 0 Å². The lowest BCUT2D eigenvalue weighted by molar-refractivity contribution is 0.547. The molecule has 0 spiro atoms. The maximum Gasteiger partial charge on any atom is 0.240 e. The Bertz CT molecular complexity index is 573. The Morgan fingerprint density at radius 3 is 2.19 bits per heavy atom. The molecule has 0 saturated carbocycles. The lowest BCUT2D eigenvalue weighted by atomic mass is 10.2. The van der Waals surface area contributed by atoms with E-state index in [1.807, 2.05) is 32.1 Å². The molecular weight excluding hydrogens is 298 g/mol. The van der Waals surface area contributed by atoms with Crippen molar-refractivity contribution in [3.8, 4) is 0 Å². The third kappa shape index (κ3) is 5.41. The van der Waals surface area contributed by atoms with Crippen LogP contribution in [0.2, 0.25) is 25.2 Å². The second-order valence-electron chi connectivity index (χ2n) is 6.78. The molecule has 0 bridgehead atoms. The SMILES string of the molecule is C=CC(C[C@H](C)NS(=O)(=O)c1ccc(C)cc1)[Si](C)(C)C. The molecule has 0 aromatic heterocycles. The zero-order valence-corrected chi connectivity index (χ0v) is 15.5. The van der Waals surface area contributed by atoms with Crippen molar-refractivity contribution in [2.24, 2.45) is 0 Å². The average Bonchev–Trinajstić information content (AvgIpc) is 2.34. The number of allylic oxidation sites excluding steroid dienone is 1. The molecule has 0 aliphatic rings. The van der Waals surface area contributed by atoms with Crippen molar-refractivity contribution in [2.45, 2.75) is 56.4 Å². The highest BCUT2D eigenvalue weighted by atomic mass is 32.2. The summed E-state index contributed by atoms with van der Waals surface area (Å²) in [5.74, 6) is 0. The van der Waals surface area contributed by atoms with Crippen LogP contribution in [0, 0.1) is 6.92 Å². The lowest BCUT2D eigenvalue weighted by Crippen LogP contribution is -2.37. The van der Waals surface area contributed by atoms with Crippen LogP contribution >= 0.6 is 0 Å². The standard InChI is InChI=1S/C16H27NO2SSi/c1-7-16(21(4,5)6)12-14(3)17-20(18,19)15-10-8-13(2)9-11-15/h7-11,14,16-17H,1,12H2,2-6H3/t14-,16?/m0/s1. The summed E-state index contributed by atoms with van der Waals surface area (Å²) in [4.78, 5) is 0.322. The first-order chi connectivity index (χ1) is 9.56. The molecule has 3 nitrogen and oxygen atoms in total. The summed E-state index contributed by atoms with van der Waals surface area (Å²) in [6.45, 7) is 14.6. The fourth-order valence-corrected chi connectivity index (χ4v) is 5.31. The van der Waals surface area contributed by atoms with Crippen LogP contribution in [-0.4, -0.2) is 22.5 Å². The van der Waals surface area contributed by atoms with Crippen LogP contribution in [0.3, 0.4) is 0 Å². The maximum absolute atomic E-state index is 12.3. The Hall–Kier alpha value is -0.913. The zero-order valence-electron chi connectivity index (χ0n) is 13.7. The largest absolute Gasteiger partial charge is 0.240 e. The molecule has 1 rings (SSSR count). The van der Waals surface area contributed by atoms with Crippen LogP contribution in [0.15, 0.2) is 41.8 Å². The first-order valence-corrected chi connectivity index (χ1v) is 12.3. The summed E-state index contributed by atoms with van der Waals surface area (Å²) in [5, 5.41) is 0. The average molecular weight is 326 g/mol. The fraction of sp³-hybridized carbons (Fsp3) is 0.500. The number of benzene rings is 1. The van der Waals surface area contributed by atoms with Crippen LogP contribution in [0.1, 0.15) is 18.9 Å². The monoisotopic (exact) mass is 325 g/mol. The molecule has 1 aromatic rings. The van der Waals surface area contributed by atoms with Gasteiger partial charge < -0.3 is 0 Å². The van der Waals surface area contributed by atoms with E-state index in [0.717, 1.165) is 12.0 Å². The summed E-state index contributed by atoms with van der Waals surface area (Å²) in [6, 6.07) is 6.81. The van der Waals surface area contributed by atoms with Gasteiger partial charge >= 0.3 is 0 Å². The molecule has 0 heterocycles. The molecular formula is C16H27NO2SSi. The second-order valence-corrected chi connectivity index (χ2v) is 14.0. The first-order valence-electron chi connectivity index (χ1n) is 7.28. The first kappa shape index (κ1) is 18.1. The highest BCUT2D eigenvalue weighted by Crippen LogP contribution is 2.28. The summed E-state index contributed by atoms with van der Waals surface area (Å²) in [5.41, 5.74) is 1.45. The van der Waals surface area contributed by atoms with E-state index >= 15 is 0 Å². The molecule has 0 saturated heterocycles. The van der Waals surface area contributed by atoms with Crippen molar-refractivity contribution in [1.29, 1.82) is 0 Å². The predicted octanol–water partition coefficient (Wildman–Crippen LogP) is 3.95. The Kier molecular flexibility index (Phi) is 5.96. The van der Waals surface area contributed by atoms with Crippen LogP contribution in [0.25, 0.3) is 0 Å². The summed E-state index contributed by atoms with van der Waals surface area (Å²) < 4.78 is 27.5. The molecule has 1 N–H and O–H groups in total. The molecule has 0 radical (unpaired) electrons. The zero-order chi connectivity index (χ0) is 16.3. The minimum absolute atomic E-state index is 0.106. The number of aryl methyl sites for hydroxylation is 1. The summed E-state index contributed by atoms with van der Waals surface area (Å²) in [6.07, 6.45) is 2.77. The predicted molar refractivity (Wildman–Crippen MR) is 92.9 cm³/mol. The van der Waals surface area contributed by atoms with Crippen molar-refractivity contribution in [2.75, 3.05) is 0 Å². The van der Waals surface area contributed by atoms with E-state index in [9.17, 15) is 8.42 Å².